The van der Waals surface area contributed by atoms with E-state index in [1.54, 1.807) is 14.2 Å². The smallest absolute Gasteiger partial charge is 0.127 e. The van der Waals surface area contributed by atoms with Crippen LogP contribution in [0.3, 0.4) is 0 Å². The molecule has 2 aromatic carbocycles. The third kappa shape index (κ3) is 7.53. The van der Waals surface area contributed by atoms with Gasteiger partial charge in [-0.3, -0.25) is 0 Å². The van der Waals surface area contributed by atoms with Crippen molar-refractivity contribution < 1.29 is 9.47 Å². The Hall–Kier alpha value is -2.04. The van der Waals surface area contributed by atoms with Crippen LogP contribution >= 0.6 is 0 Å². The Kier molecular flexibility index (Phi) is 11.8. The maximum atomic E-state index is 5.59. The standard InChI is InChI=1S/2C14H23NO/c1-10(2)13-11(3)7-8-12(9-15(4)5)14(13)16-6;1-6-12-11(10-15(3)4)8-9-14(16-5)13(12)7-2/h7-8,10H,9H2,1-6H3;8-9H,6-7,10H2,1-5H3. The van der Waals surface area contributed by atoms with E-state index in [1.807, 2.05) is 0 Å². The SMILES string of the molecule is CCc1c(CN(C)C)ccc(OC)c1CC.COc1c(CN(C)C)ccc(C)c1C(C)C. The van der Waals surface area contributed by atoms with E-state index in [1.165, 1.54) is 33.4 Å². The lowest BCUT2D eigenvalue weighted by Gasteiger charge is -2.20. The molecule has 0 saturated heterocycles. The zero-order valence-corrected chi connectivity index (χ0v) is 22.4. The molecule has 0 atom stereocenters. The van der Waals surface area contributed by atoms with Crippen molar-refractivity contribution in [3.8, 4) is 11.5 Å². The topological polar surface area (TPSA) is 24.9 Å². The molecule has 0 aromatic heterocycles. The highest BCUT2D eigenvalue weighted by atomic mass is 16.5. The van der Waals surface area contributed by atoms with Gasteiger partial charge in [-0.2, -0.15) is 0 Å². The molecule has 0 aliphatic heterocycles. The van der Waals surface area contributed by atoms with Gasteiger partial charge in [-0.15, -0.1) is 0 Å². The lowest BCUT2D eigenvalue weighted by molar-refractivity contribution is 0.367. The number of hydrogen-bond acceptors (Lipinski definition) is 4. The van der Waals surface area contributed by atoms with Crippen LogP contribution in [0.15, 0.2) is 24.3 Å². The molecule has 0 unspecified atom stereocenters. The third-order valence-electron chi connectivity index (χ3n) is 5.66. The largest absolute Gasteiger partial charge is 0.496 e. The van der Waals surface area contributed by atoms with E-state index in [0.29, 0.717) is 5.92 Å². The van der Waals surface area contributed by atoms with Gasteiger partial charge < -0.3 is 19.3 Å². The highest BCUT2D eigenvalue weighted by Gasteiger charge is 2.15. The van der Waals surface area contributed by atoms with Gasteiger partial charge in [0.15, 0.2) is 0 Å². The first-order valence-corrected chi connectivity index (χ1v) is 11.7. The average molecular weight is 443 g/mol. The Morgan fingerprint density at radius 2 is 1.28 bits per heavy atom. The monoisotopic (exact) mass is 442 g/mol. The summed E-state index contributed by atoms with van der Waals surface area (Å²) in [6, 6.07) is 8.64. The highest BCUT2D eigenvalue weighted by molar-refractivity contribution is 5.48. The van der Waals surface area contributed by atoms with E-state index in [0.717, 1.165) is 37.4 Å². The second-order valence-corrected chi connectivity index (χ2v) is 9.21. The Balaban J connectivity index is 0.000000320. The molecule has 2 aromatic rings. The Labute approximate surface area is 197 Å². The normalized spacial score (nSPS) is 11.1. The molecule has 4 heteroatoms. The van der Waals surface area contributed by atoms with Gasteiger partial charge in [-0.05, 0) is 87.8 Å². The molecule has 0 N–H and O–H groups in total. The summed E-state index contributed by atoms with van der Waals surface area (Å²) in [5.74, 6) is 2.59. The molecule has 180 valence electrons. The first-order chi connectivity index (χ1) is 15.1. The van der Waals surface area contributed by atoms with Crippen LogP contribution in [0.4, 0.5) is 0 Å². The van der Waals surface area contributed by atoms with E-state index in [4.69, 9.17) is 9.47 Å². The molecule has 0 aliphatic carbocycles. The first kappa shape index (κ1) is 28.0. The molecule has 0 heterocycles. The summed E-state index contributed by atoms with van der Waals surface area (Å²) in [6.07, 6.45) is 2.11. The Morgan fingerprint density at radius 1 is 0.750 bits per heavy atom. The highest BCUT2D eigenvalue weighted by Crippen LogP contribution is 2.33. The number of rotatable bonds is 9. The number of aryl methyl sites for hydroxylation is 1. The predicted octanol–water partition coefficient (Wildman–Crippen LogP) is 6.07. The predicted molar refractivity (Wildman–Crippen MR) is 138 cm³/mol. The van der Waals surface area contributed by atoms with Gasteiger partial charge in [-0.1, -0.05) is 45.9 Å². The Morgan fingerprint density at radius 3 is 1.72 bits per heavy atom. The van der Waals surface area contributed by atoms with E-state index < -0.39 is 0 Å². The van der Waals surface area contributed by atoms with Crippen molar-refractivity contribution in [2.45, 2.75) is 66.5 Å². The fourth-order valence-electron chi connectivity index (χ4n) is 4.40. The van der Waals surface area contributed by atoms with Crippen LogP contribution in [0.1, 0.15) is 67.0 Å². The molecule has 0 saturated carbocycles. The van der Waals surface area contributed by atoms with E-state index >= 15 is 0 Å². The summed E-state index contributed by atoms with van der Waals surface area (Å²) in [5, 5.41) is 0. The van der Waals surface area contributed by atoms with Crippen LogP contribution in [0.25, 0.3) is 0 Å². The number of benzene rings is 2. The van der Waals surface area contributed by atoms with Gasteiger partial charge in [0, 0.05) is 18.7 Å². The summed E-state index contributed by atoms with van der Waals surface area (Å²) in [5.41, 5.74) is 8.16. The van der Waals surface area contributed by atoms with Crippen molar-refractivity contribution in [3.05, 3.63) is 57.6 Å². The van der Waals surface area contributed by atoms with Crippen molar-refractivity contribution in [2.24, 2.45) is 0 Å². The average Bonchev–Trinajstić information content (AvgIpc) is 2.73. The minimum Gasteiger partial charge on any atom is -0.496 e. The van der Waals surface area contributed by atoms with Crippen LogP contribution < -0.4 is 9.47 Å². The van der Waals surface area contributed by atoms with Gasteiger partial charge in [0.2, 0.25) is 0 Å². The van der Waals surface area contributed by atoms with Crippen LogP contribution in [0.2, 0.25) is 0 Å². The maximum absolute atomic E-state index is 5.59. The Bertz CT molecular complexity index is 842. The maximum Gasteiger partial charge on any atom is 0.127 e. The number of nitrogens with zero attached hydrogens (tertiary/aromatic N) is 2. The summed E-state index contributed by atoms with van der Waals surface area (Å²) in [7, 11) is 11.9. The summed E-state index contributed by atoms with van der Waals surface area (Å²) < 4.78 is 11.0. The van der Waals surface area contributed by atoms with Gasteiger partial charge in [-0.25, -0.2) is 0 Å². The van der Waals surface area contributed by atoms with Gasteiger partial charge in [0.25, 0.3) is 0 Å². The molecule has 0 bridgehead atoms. The summed E-state index contributed by atoms with van der Waals surface area (Å²) in [4.78, 5) is 4.37. The van der Waals surface area contributed by atoms with Gasteiger partial charge in [0.05, 0.1) is 14.2 Å². The first-order valence-electron chi connectivity index (χ1n) is 11.7. The van der Waals surface area contributed by atoms with Crippen molar-refractivity contribution in [1.82, 2.24) is 9.80 Å². The molecular formula is C28H46N2O2. The van der Waals surface area contributed by atoms with Crippen LogP contribution in [-0.2, 0) is 25.9 Å². The molecule has 2 rings (SSSR count). The summed E-state index contributed by atoms with van der Waals surface area (Å²) >= 11 is 0. The molecular weight excluding hydrogens is 396 g/mol. The number of ether oxygens (including phenoxy) is 2. The lowest BCUT2D eigenvalue weighted by Crippen LogP contribution is -2.13. The number of methoxy groups -OCH3 is 2. The summed E-state index contributed by atoms with van der Waals surface area (Å²) in [6.45, 7) is 12.9. The molecule has 0 spiro atoms. The van der Waals surface area contributed by atoms with Crippen LogP contribution in [0, 0.1) is 6.92 Å². The minimum atomic E-state index is 0.497. The van der Waals surface area contributed by atoms with Crippen molar-refractivity contribution >= 4 is 0 Å². The number of hydrogen-bond donors (Lipinski definition) is 0. The fourth-order valence-corrected chi connectivity index (χ4v) is 4.40. The van der Waals surface area contributed by atoms with E-state index in [-0.39, 0.29) is 0 Å². The quantitative estimate of drug-likeness (QED) is 0.470. The molecule has 0 radical (unpaired) electrons. The van der Waals surface area contributed by atoms with E-state index in [9.17, 15) is 0 Å². The second-order valence-electron chi connectivity index (χ2n) is 9.21. The molecule has 0 amide bonds. The van der Waals surface area contributed by atoms with Crippen LogP contribution in [0.5, 0.6) is 11.5 Å². The van der Waals surface area contributed by atoms with Crippen molar-refractivity contribution in [2.75, 3.05) is 42.4 Å². The lowest BCUT2D eigenvalue weighted by atomic mass is 9.94. The van der Waals surface area contributed by atoms with Gasteiger partial charge in [0.1, 0.15) is 11.5 Å². The minimum absolute atomic E-state index is 0.497. The zero-order chi connectivity index (χ0) is 24.4. The second kappa shape index (κ2) is 13.5. The van der Waals surface area contributed by atoms with Crippen molar-refractivity contribution in [1.29, 1.82) is 0 Å². The molecule has 0 fully saturated rings. The fraction of sp³-hybridized carbons (Fsp3) is 0.571. The van der Waals surface area contributed by atoms with Crippen LogP contribution in [-0.4, -0.2) is 52.2 Å². The van der Waals surface area contributed by atoms with Gasteiger partial charge >= 0.3 is 0 Å². The van der Waals surface area contributed by atoms with E-state index in [2.05, 4.69) is 96.9 Å². The van der Waals surface area contributed by atoms with Crippen molar-refractivity contribution in [3.63, 3.8) is 0 Å². The third-order valence-corrected chi connectivity index (χ3v) is 5.66. The molecule has 0 aliphatic rings. The molecule has 32 heavy (non-hydrogen) atoms. The zero-order valence-electron chi connectivity index (χ0n) is 22.4. The molecule has 4 nitrogen and oxygen atoms in total.